The van der Waals surface area contributed by atoms with Gasteiger partial charge in [0, 0.05) is 19.5 Å². The van der Waals surface area contributed by atoms with Gasteiger partial charge < -0.3 is 14.6 Å². The van der Waals surface area contributed by atoms with Crippen molar-refractivity contribution >= 4 is 17.7 Å². The van der Waals surface area contributed by atoms with E-state index in [4.69, 9.17) is 14.6 Å². The second-order valence-electron chi connectivity index (χ2n) is 2.68. The fourth-order valence-electron chi connectivity index (χ4n) is 0.914. The van der Waals surface area contributed by atoms with Crippen LogP contribution in [0.15, 0.2) is 0 Å². The van der Waals surface area contributed by atoms with Crippen LogP contribution >= 0.6 is 11.8 Å². The van der Waals surface area contributed by atoms with Crippen LogP contribution in [0, 0.1) is 0 Å². The van der Waals surface area contributed by atoms with Gasteiger partial charge in [-0.15, -0.1) is 0 Å². The summed E-state index contributed by atoms with van der Waals surface area (Å²) >= 11 is 1.68. The molecule has 0 spiro atoms. The Labute approximate surface area is 89.0 Å². The maximum atomic E-state index is 10.7. The number of ether oxygens (including phenoxy) is 2. The molecular weight excluding hydrogens is 204 g/mol. The molecule has 0 amide bonds. The molecular formula is C9H18O4S. The summed E-state index contributed by atoms with van der Waals surface area (Å²) in [6.45, 7) is 2.95. The maximum absolute atomic E-state index is 10.7. The standard InChI is InChI=1S/C9H18O4S/c1-3-13-8(9(10)11)4-6-14-7-5-12-2/h8H,3-7H2,1-2H3,(H,10,11). The van der Waals surface area contributed by atoms with Crippen molar-refractivity contribution in [2.24, 2.45) is 0 Å². The van der Waals surface area contributed by atoms with Gasteiger partial charge in [0.15, 0.2) is 6.10 Å². The molecule has 14 heavy (non-hydrogen) atoms. The summed E-state index contributed by atoms with van der Waals surface area (Å²) in [5.74, 6) is 0.814. The van der Waals surface area contributed by atoms with E-state index in [1.807, 2.05) is 0 Å². The second-order valence-corrected chi connectivity index (χ2v) is 3.90. The number of thioether (sulfide) groups is 1. The van der Waals surface area contributed by atoms with Crippen LogP contribution in [-0.4, -0.2) is 49.0 Å². The lowest BCUT2D eigenvalue weighted by Crippen LogP contribution is -2.24. The molecule has 84 valence electrons. The smallest absolute Gasteiger partial charge is 0.332 e. The van der Waals surface area contributed by atoms with E-state index in [-0.39, 0.29) is 0 Å². The third-order valence-corrected chi connectivity index (χ3v) is 2.58. The molecule has 0 aliphatic rings. The number of hydrogen-bond donors (Lipinski definition) is 1. The highest BCUT2D eigenvalue weighted by Crippen LogP contribution is 2.07. The zero-order chi connectivity index (χ0) is 10.8. The predicted molar refractivity (Wildman–Crippen MR) is 56.9 cm³/mol. The summed E-state index contributed by atoms with van der Waals surface area (Å²) in [7, 11) is 1.65. The number of carboxylic acids is 1. The molecule has 0 saturated heterocycles. The van der Waals surface area contributed by atoms with E-state index in [2.05, 4.69) is 0 Å². The van der Waals surface area contributed by atoms with E-state index in [0.29, 0.717) is 19.6 Å². The Morgan fingerprint density at radius 3 is 2.71 bits per heavy atom. The van der Waals surface area contributed by atoms with Gasteiger partial charge in [-0.1, -0.05) is 0 Å². The zero-order valence-electron chi connectivity index (χ0n) is 8.69. The fraction of sp³-hybridized carbons (Fsp3) is 0.889. The molecule has 0 aromatic heterocycles. The first-order valence-corrected chi connectivity index (χ1v) is 5.79. The first kappa shape index (κ1) is 13.7. The van der Waals surface area contributed by atoms with Crippen molar-refractivity contribution in [3.8, 4) is 0 Å². The van der Waals surface area contributed by atoms with E-state index >= 15 is 0 Å². The number of aliphatic carboxylic acids is 1. The number of rotatable bonds is 9. The molecule has 0 fully saturated rings. The third kappa shape index (κ3) is 7.17. The summed E-state index contributed by atoms with van der Waals surface area (Å²) in [4.78, 5) is 10.7. The molecule has 0 aromatic carbocycles. The normalized spacial score (nSPS) is 12.7. The van der Waals surface area contributed by atoms with Crippen molar-refractivity contribution in [2.45, 2.75) is 19.4 Å². The molecule has 5 heteroatoms. The van der Waals surface area contributed by atoms with Crippen LogP contribution in [0.1, 0.15) is 13.3 Å². The van der Waals surface area contributed by atoms with Crippen LogP contribution in [0.25, 0.3) is 0 Å². The van der Waals surface area contributed by atoms with Crippen molar-refractivity contribution in [3.05, 3.63) is 0 Å². The minimum atomic E-state index is -0.876. The number of methoxy groups -OCH3 is 1. The number of carboxylic acid groups (broad SMARTS) is 1. The number of carbonyl (C=O) groups is 1. The first-order chi connectivity index (χ1) is 6.72. The highest BCUT2D eigenvalue weighted by Gasteiger charge is 2.16. The second kappa shape index (κ2) is 9.30. The quantitative estimate of drug-likeness (QED) is 0.595. The Kier molecular flexibility index (Phi) is 9.13. The average molecular weight is 222 g/mol. The van der Waals surface area contributed by atoms with Crippen LogP contribution in [0.4, 0.5) is 0 Å². The van der Waals surface area contributed by atoms with Gasteiger partial charge in [0.2, 0.25) is 0 Å². The van der Waals surface area contributed by atoms with E-state index in [1.54, 1.807) is 25.8 Å². The van der Waals surface area contributed by atoms with E-state index in [1.165, 1.54) is 0 Å². The van der Waals surface area contributed by atoms with Crippen LogP contribution in [0.2, 0.25) is 0 Å². The molecule has 1 N–H and O–H groups in total. The molecule has 1 unspecified atom stereocenters. The fourth-order valence-corrected chi connectivity index (χ4v) is 1.78. The lowest BCUT2D eigenvalue weighted by molar-refractivity contribution is -0.150. The summed E-state index contributed by atoms with van der Waals surface area (Å²) in [5, 5.41) is 8.75. The maximum Gasteiger partial charge on any atom is 0.332 e. The predicted octanol–water partition coefficient (Wildman–Crippen LogP) is 1.25. The molecule has 4 nitrogen and oxygen atoms in total. The Hall–Kier alpha value is -0.260. The molecule has 0 bridgehead atoms. The molecule has 0 saturated carbocycles. The summed E-state index contributed by atoms with van der Waals surface area (Å²) in [6.07, 6.45) is -0.104. The Morgan fingerprint density at radius 2 is 2.21 bits per heavy atom. The molecule has 0 heterocycles. The highest BCUT2D eigenvalue weighted by atomic mass is 32.2. The third-order valence-electron chi connectivity index (χ3n) is 1.60. The van der Waals surface area contributed by atoms with Gasteiger partial charge in [-0.25, -0.2) is 4.79 Å². The summed E-state index contributed by atoms with van der Waals surface area (Å²) in [5.41, 5.74) is 0. The monoisotopic (exact) mass is 222 g/mol. The van der Waals surface area contributed by atoms with Crippen LogP contribution in [0.5, 0.6) is 0 Å². The van der Waals surface area contributed by atoms with Gasteiger partial charge in [0.25, 0.3) is 0 Å². The molecule has 1 atom stereocenters. The van der Waals surface area contributed by atoms with E-state index in [9.17, 15) is 4.79 Å². The van der Waals surface area contributed by atoms with Crippen molar-refractivity contribution in [3.63, 3.8) is 0 Å². The summed E-state index contributed by atoms with van der Waals surface area (Å²) < 4.78 is 9.94. The van der Waals surface area contributed by atoms with Crippen molar-refractivity contribution in [1.82, 2.24) is 0 Å². The Balaban J connectivity index is 3.46. The SMILES string of the molecule is CCOC(CCSCCOC)C(=O)O. The van der Waals surface area contributed by atoms with Crippen LogP contribution in [-0.2, 0) is 14.3 Å². The highest BCUT2D eigenvalue weighted by molar-refractivity contribution is 7.99. The Morgan fingerprint density at radius 1 is 1.50 bits per heavy atom. The molecule has 0 aromatic rings. The molecule has 0 aliphatic carbocycles. The topological polar surface area (TPSA) is 55.8 Å². The van der Waals surface area contributed by atoms with Gasteiger partial charge in [-0.05, 0) is 19.1 Å². The van der Waals surface area contributed by atoms with E-state index in [0.717, 1.165) is 11.5 Å². The van der Waals surface area contributed by atoms with Gasteiger partial charge in [-0.3, -0.25) is 0 Å². The van der Waals surface area contributed by atoms with Gasteiger partial charge in [0.1, 0.15) is 0 Å². The molecule has 0 rings (SSSR count). The lowest BCUT2D eigenvalue weighted by Gasteiger charge is -2.11. The van der Waals surface area contributed by atoms with Crippen LogP contribution in [0.3, 0.4) is 0 Å². The van der Waals surface area contributed by atoms with Gasteiger partial charge >= 0.3 is 5.97 Å². The average Bonchev–Trinajstić information content (AvgIpc) is 2.15. The zero-order valence-corrected chi connectivity index (χ0v) is 9.51. The van der Waals surface area contributed by atoms with Crippen LogP contribution < -0.4 is 0 Å². The molecule has 0 radical (unpaired) electrons. The minimum Gasteiger partial charge on any atom is -0.479 e. The van der Waals surface area contributed by atoms with E-state index < -0.39 is 12.1 Å². The van der Waals surface area contributed by atoms with Crippen molar-refractivity contribution in [1.29, 1.82) is 0 Å². The lowest BCUT2D eigenvalue weighted by atomic mass is 10.3. The number of hydrogen-bond acceptors (Lipinski definition) is 4. The Bertz CT molecular complexity index is 152. The summed E-state index contributed by atoms with van der Waals surface area (Å²) in [6, 6.07) is 0. The van der Waals surface area contributed by atoms with Gasteiger partial charge in [0.05, 0.1) is 6.61 Å². The van der Waals surface area contributed by atoms with Gasteiger partial charge in [-0.2, -0.15) is 11.8 Å². The molecule has 0 aliphatic heterocycles. The van der Waals surface area contributed by atoms with Crippen molar-refractivity contribution in [2.75, 3.05) is 31.8 Å². The van der Waals surface area contributed by atoms with Crippen molar-refractivity contribution < 1.29 is 19.4 Å². The minimum absolute atomic E-state index is 0.444. The first-order valence-electron chi connectivity index (χ1n) is 4.63. The largest absolute Gasteiger partial charge is 0.479 e.